The molecular weight excluding hydrogens is 935 g/mol. The van der Waals surface area contributed by atoms with Gasteiger partial charge in [0.1, 0.15) is 36.5 Å². The van der Waals surface area contributed by atoms with E-state index in [9.17, 15) is 25.1 Å². The van der Waals surface area contributed by atoms with Crippen LogP contribution >= 0.6 is 0 Å². The normalized spacial score (nSPS) is 22.2. The van der Waals surface area contributed by atoms with Crippen molar-refractivity contribution in [3.8, 4) is 17.6 Å². The third-order valence-corrected chi connectivity index (χ3v) is 13.8. The number of hydrogen-bond acceptors (Lipinski definition) is 15. The van der Waals surface area contributed by atoms with Gasteiger partial charge in [0.05, 0.1) is 41.8 Å². The van der Waals surface area contributed by atoms with E-state index in [1.807, 2.05) is 70.5 Å². The number of imide groups is 1. The van der Waals surface area contributed by atoms with Gasteiger partial charge in [0.25, 0.3) is 5.69 Å². The molecule has 6 atom stereocenters. The molecule has 3 saturated heterocycles. The molecule has 0 saturated carbocycles. The van der Waals surface area contributed by atoms with Crippen molar-refractivity contribution in [3.05, 3.63) is 189 Å². The van der Waals surface area contributed by atoms with Gasteiger partial charge in [-0.2, -0.15) is 0 Å². The second kappa shape index (κ2) is 20.7. The Morgan fingerprint density at radius 3 is 2.18 bits per heavy atom. The monoisotopic (exact) mass is 983 g/mol. The van der Waals surface area contributed by atoms with Crippen LogP contribution < -0.4 is 14.5 Å². The topological polar surface area (TPSA) is 218 Å². The number of nitro benzene ring substituents is 1. The summed E-state index contributed by atoms with van der Waals surface area (Å²) in [6.07, 6.45) is 1.33. The SMILES string of the molecule is O=C1O[C@@H](c2ccccc2)[C@@H](c2ccccc2)N2[C@@H](c3cccc(OCCO)c3)[C@]3(C(=O)N(C(=O)OCc4ccc([N+](=O)[O-])cc4)c4ccc(C#CCCO)cc43)[C@@H](C(=O)N3CCN(c4ncccn4)CC3)[C@H]12. The van der Waals surface area contributed by atoms with Crippen molar-refractivity contribution in [2.75, 3.05) is 55.8 Å². The van der Waals surface area contributed by atoms with Crippen molar-refractivity contribution < 1.29 is 48.5 Å². The van der Waals surface area contributed by atoms with E-state index in [-0.39, 0.29) is 62.9 Å². The molecule has 4 aliphatic rings. The summed E-state index contributed by atoms with van der Waals surface area (Å²) in [7, 11) is 0. The van der Waals surface area contributed by atoms with Crippen molar-refractivity contribution in [3.63, 3.8) is 0 Å². The minimum atomic E-state index is -2.13. The lowest BCUT2D eigenvalue weighted by atomic mass is 9.64. The number of aliphatic hydroxyl groups is 2. The molecule has 73 heavy (non-hydrogen) atoms. The first-order valence-electron chi connectivity index (χ1n) is 23.8. The highest BCUT2D eigenvalue weighted by Gasteiger charge is 2.76. The summed E-state index contributed by atoms with van der Waals surface area (Å²) in [4.78, 5) is 89.6. The number of rotatable bonds is 12. The Bertz CT molecular complexity index is 3090. The Morgan fingerprint density at radius 1 is 0.795 bits per heavy atom. The summed E-state index contributed by atoms with van der Waals surface area (Å²) in [5.74, 6) is 3.11. The molecule has 0 unspecified atom stereocenters. The average molecular weight is 984 g/mol. The summed E-state index contributed by atoms with van der Waals surface area (Å²) >= 11 is 0. The first-order valence-corrected chi connectivity index (χ1v) is 23.8. The van der Waals surface area contributed by atoms with Crippen molar-refractivity contribution in [2.45, 2.75) is 42.7 Å². The van der Waals surface area contributed by atoms with Gasteiger partial charge in [-0.15, -0.1) is 0 Å². The fourth-order valence-electron chi connectivity index (χ4n) is 10.8. The Labute approximate surface area is 419 Å². The van der Waals surface area contributed by atoms with E-state index in [0.29, 0.717) is 52.6 Å². The number of aliphatic hydroxyl groups excluding tert-OH is 2. The molecule has 370 valence electrons. The van der Waals surface area contributed by atoms with Gasteiger partial charge in [0, 0.05) is 62.7 Å². The third-order valence-electron chi connectivity index (χ3n) is 13.8. The van der Waals surface area contributed by atoms with Crippen LogP contribution in [0.5, 0.6) is 5.75 Å². The van der Waals surface area contributed by atoms with Crippen LogP contribution in [-0.2, 0) is 35.9 Å². The lowest BCUT2D eigenvalue weighted by Crippen LogP contribution is -2.59. The summed E-state index contributed by atoms with van der Waals surface area (Å²) < 4.78 is 18.5. The van der Waals surface area contributed by atoms with Gasteiger partial charge < -0.3 is 34.2 Å². The number of nitrogens with zero attached hydrogens (tertiary/aromatic N) is 7. The van der Waals surface area contributed by atoms with Gasteiger partial charge in [0.15, 0.2) is 0 Å². The predicted molar refractivity (Wildman–Crippen MR) is 264 cm³/mol. The number of nitro groups is 1. The molecule has 18 heteroatoms. The number of carbonyl (C=O) groups excluding carboxylic acids is 4. The zero-order chi connectivity index (χ0) is 50.6. The first kappa shape index (κ1) is 48.1. The van der Waals surface area contributed by atoms with Gasteiger partial charge in [-0.3, -0.25) is 29.4 Å². The van der Waals surface area contributed by atoms with Crippen molar-refractivity contribution in [1.82, 2.24) is 19.8 Å². The van der Waals surface area contributed by atoms with Crippen LogP contribution in [0.25, 0.3) is 0 Å². The summed E-state index contributed by atoms with van der Waals surface area (Å²) in [5, 5.41) is 31.0. The number of morpholine rings is 1. The number of amides is 3. The number of hydrogen-bond donors (Lipinski definition) is 2. The molecular formula is C55H49N7O11. The molecule has 5 heterocycles. The lowest BCUT2D eigenvalue weighted by Gasteiger charge is -2.46. The van der Waals surface area contributed by atoms with Crippen molar-refractivity contribution in [2.24, 2.45) is 5.92 Å². The number of carbonyl (C=O) groups is 4. The van der Waals surface area contributed by atoms with E-state index >= 15 is 14.4 Å². The zero-order valence-corrected chi connectivity index (χ0v) is 39.3. The van der Waals surface area contributed by atoms with Crippen LogP contribution in [0.2, 0.25) is 0 Å². The third kappa shape index (κ3) is 8.88. The number of aromatic nitrogens is 2. The van der Waals surface area contributed by atoms with Crippen LogP contribution in [0.4, 0.5) is 22.1 Å². The maximum Gasteiger partial charge on any atom is 0.421 e. The minimum Gasteiger partial charge on any atom is -0.491 e. The van der Waals surface area contributed by atoms with Crippen molar-refractivity contribution >= 4 is 41.2 Å². The number of ether oxygens (including phenoxy) is 3. The van der Waals surface area contributed by atoms with Crippen LogP contribution in [0, 0.1) is 27.9 Å². The van der Waals surface area contributed by atoms with E-state index in [2.05, 4.69) is 21.8 Å². The Morgan fingerprint density at radius 2 is 1.49 bits per heavy atom. The van der Waals surface area contributed by atoms with Gasteiger partial charge >= 0.3 is 12.1 Å². The van der Waals surface area contributed by atoms with E-state index in [0.717, 1.165) is 4.90 Å². The highest BCUT2D eigenvalue weighted by atomic mass is 16.6. The predicted octanol–water partition coefficient (Wildman–Crippen LogP) is 5.84. The molecule has 3 amide bonds. The quantitative estimate of drug-likeness (QED) is 0.0637. The van der Waals surface area contributed by atoms with E-state index in [4.69, 9.17) is 14.2 Å². The Hall–Kier alpha value is -8.50. The molecule has 6 aromatic rings. The molecule has 0 radical (unpaired) electrons. The number of anilines is 2. The van der Waals surface area contributed by atoms with Gasteiger partial charge in [-0.1, -0.05) is 84.6 Å². The van der Waals surface area contributed by atoms with E-state index < -0.39 is 64.4 Å². The Balaban J connectivity index is 1.21. The van der Waals surface area contributed by atoms with E-state index in [1.165, 1.54) is 24.3 Å². The fourth-order valence-corrected chi connectivity index (χ4v) is 10.8. The van der Waals surface area contributed by atoms with Crippen LogP contribution in [0.1, 0.15) is 58.0 Å². The lowest BCUT2D eigenvalue weighted by molar-refractivity contribution is -0.384. The van der Waals surface area contributed by atoms with E-state index in [1.54, 1.807) is 65.8 Å². The molecule has 18 nitrogen and oxygen atoms in total. The molecule has 0 aliphatic carbocycles. The largest absolute Gasteiger partial charge is 0.491 e. The number of piperazine rings is 1. The number of benzene rings is 5. The van der Waals surface area contributed by atoms with Crippen LogP contribution in [0.3, 0.4) is 0 Å². The standard InChI is InChI=1S/C55H49N7O11/c63-30-8-7-11-36-20-23-44-43(33-36)55(52(67)60(44)54(68)72-35-37-18-21-41(22-19-37)62(69)70)45(50(65)58-26-28-59(29-27-58)53-56-24-10-25-57-53)47-51(66)73-48(39-14-5-2-6-15-39)46(38-12-3-1-4-13-38)61(47)49(55)40-16-9-17-42(34-40)71-32-31-64/h1-6,9-10,12-25,33-34,45-49,63-64H,8,26-32,35H2/t45-,46-,47-,48+,49+,55-/m1/s1. The fraction of sp³-hybridized carbons (Fsp3) is 0.273. The van der Waals surface area contributed by atoms with Crippen LogP contribution in [0.15, 0.2) is 146 Å². The summed E-state index contributed by atoms with van der Waals surface area (Å²) in [5.41, 5.74) is 0.604. The Kier molecular flexibility index (Phi) is 13.6. The van der Waals surface area contributed by atoms with Crippen LogP contribution in [-0.4, -0.2) is 111 Å². The number of cyclic esters (lactones) is 1. The number of non-ortho nitro benzene ring substituents is 1. The zero-order valence-electron chi connectivity index (χ0n) is 39.3. The maximum atomic E-state index is 16.7. The molecule has 1 aromatic heterocycles. The summed E-state index contributed by atoms with van der Waals surface area (Å²) in [6.45, 7) is 0.00227. The number of esters is 1. The van der Waals surface area contributed by atoms with Gasteiger partial charge in [0.2, 0.25) is 17.8 Å². The molecule has 1 spiro atoms. The highest BCUT2D eigenvalue weighted by Crippen LogP contribution is 2.66. The second-order valence-electron chi connectivity index (χ2n) is 17.9. The average Bonchev–Trinajstić information content (AvgIpc) is 3.89. The highest BCUT2D eigenvalue weighted by molar-refractivity contribution is 6.23. The molecule has 3 fully saturated rings. The van der Waals surface area contributed by atoms with Gasteiger partial charge in [-0.25, -0.2) is 19.7 Å². The smallest absolute Gasteiger partial charge is 0.421 e. The maximum absolute atomic E-state index is 16.7. The van der Waals surface area contributed by atoms with Crippen molar-refractivity contribution in [1.29, 1.82) is 0 Å². The summed E-state index contributed by atoms with van der Waals surface area (Å²) in [6, 6.07) is 34.0. The second-order valence-corrected chi connectivity index (χ2v) is 17.9. The van der Waals surface area contributed by atoms with Gasteiger partial charge in [-0.05, 0) is 76.3 Å². The molecule has 10 rings (SSSR count). The molecule has 0 bridgehead atoms. The number of fused-ring (bicyclic) bond motifs is 3. The first-order chi connectivity index (χ1) is 35.6. The minimum absolute atomic E-state index is 0.0617. The molecule has 2 N–H and O–H groups in total. The molecule has 5 aromatic carbocycles. The molecule has 4 aliphatic heterocycles.